The van der Waals surface area contributed by atoms with Crippen molar-refractivity contribution >= 4 is 33.3 Å². The highest BCUT2D eigenvalue weighted by Crippen LogP contribution is 2.19. The predicted octanol–water partition coefficient (Wildman–Crippen LogP) is 3.68. The van der Waals surface area contributed by atoms with Gasteiger partial charge in [0.1, 0.15) is 17.7 Å². The molecule has 0 saturated heterocycles. The minimum atomic E-state index is -3.88. The molecule has 3 N–H and O–H groups in total. The van der Waals surface area contributed by atoms with Crippen molar-refractivity contribution in [3.05, 3.63) is 77.7 Å². The Labute approximate surface area is 205 Å². The summed E-state index contributed by atoms with van der Waals surface area (Å²) in [5, 5.41) is 5.57. The van der Waals surface area contributed by atoms with Crippen LogP contribution in [0.25, 0.3) is 0 Å². The average Bonchev–Trinajstić information content (AvgIpc) is 2.81. The van der Waals surface area contributed by atoms with Gasteiger partial charge < -0.3 is 10.6 Å². The molecule has 3 aromatic rings. The highest BCUT2D eigenvalue weighted by atomic mass is 32.2. The lowest BCUT2D eigenvalue weighted by Crippen LogP contribution is -2.47. The highest BCUT2D eigenvalue weighted by molar-refractivity contribution is 7.92. The third-order valence-electron chi connectivity index (χ3n) is 5.46. The Kier molecular flexibility index (Phi) is 8.18. The van der Waals surface area contributed by atoms with E-state index in [0.29, 0.717) is 29.2 Å². The lowest BCUT2D eigenvalue weighted by Gasteiger charge is -2.23. The summed E-state index contributed by atoms with van der Waals surface area (Å²) < 4.78 is 27.9. The van der Waals surface area contributed by atoms with Gasteiger partial charge in [0.15, 0.2) is 0 Å². The normalized spacial score (nSPS) is 12.9. The highest BCUT2D eigenvalue weighted by Gasteiger charge is 2.26. The molecule has 0 aliphatic carbocycles. The van der Waals surface area contributed by atoms with Gasteiger partial charge in [-0.05, 0) is 56.2 Å². The fraction of sp³-hybridized carbons (Fsp3) is 0.280. The second kappa shape index (κ2) is 11.1. The van der Waals surface area contributed by atoms with Crippen LogP contribution in [-0.4, -0.2) is 36.2 Å². The summed E-state index contributed by atoms with van der Waals surface area (Å²) in [4.78, 5) is 33.8. The first-order valence-electron chi connectivity index (χ1n) is 11.2. The fourth-order valence-corrected chi connectivity index (χ4v) is 4.41. The Balaban J connectivity index is 1.71. The van der Waals surface area contributed by atoms with Crippen molar-refractivity contribution in [3.63, 3.8) is 0 Å². The Morgan fingerprint density at radius 3 is 2.23 bits per heavy atom. The quantitative estimate of drug-likeness (QED) is 0.415. The number of hydrogen-bond acceptors (Lipinski definition) is 6. The maximum absolute atomic E-state index is 13.0. The van der Waals surface area contributed by atoms with Gasteiger partial charge in [0.2, 0.25) is 5.91 Å². The third-order valence-corrected chi connectivity index (χ3v) is 6.83. The van der Waals surface area contributed by atoms with Crippen LogP contribution in [0.15, 0.2) is 65.6 Å². The number of amides is 2. The van der Waals surface area contributed by atoms with E-state index in [4.69, 9.17) is 0 Å². The standard InChI is InChI=1S/C25H29N5O4S/c1-5-16(2)23(29-24(31)19-9-7-6-8-10-19)25(32)28-20-11-13-21(14-12-20)35(33,34)30-22-15-17(3)26-18(4)27-22/h6-16,23H,5H2,1-4H3,(H,28,32)(H,29,31)(H,26,27,30)/t16-,23-/m0/s1. The molecule has 0 unspecified atom stereocenters. The molecular weight excluding hydrogens is 466 g/mol. The van der Waals surface area contributed by atoms with Crippen molar-refractivity contribution in [1.82, 2.24) is 15.3 Å². The van der Waals surface area contributed by atoms with Gasteiger partial charge in [-0.2, -0.15) is 0 Å². The van der Waals surface area contributed by atoms with Gasteiger partial charge in [0.25, 0.3) is 15.9 Å². The number of carbonyl (C=O) groups excluding carboxylic acids is 2. The first-order valence-corrected chi connectivity index (χ1v) is 12.7. The number of nitrogens with zero attached hydrogens (tertiary/aromatic N) is 2. The van der Waals surface area contributed by atoms with Crippen LogP contribution in [0.1, 0.15) is 42.1 Å². The van der Waals surface area contributed by atoms with Gasteiger partial charge in [-0.25, -0.2) is 18.4 Å². The number of anilines is 2. The van der Waals surface area contributed by atoms with Gasteiger partial charge in [-0.1, -0.05) is 38.5 Å². The van der Waals surface area contributed by atoms with E-state index in [1.165, 1.54) is 30.3 Å². The van der Waals surface area contributed by atoms with Crippen LogP contribution in [0.3, 0.4) is 0 Å². The Hall–Kier alpha value is -3.79. The summed E-state index contributed by atoms with van der Waals surface area (Å²) >= 11 is 0. The molecule has 9 nitrogen and oxygen atoms in total. The number of sulfonamides is 1. The van der Waals surface area contributed by atoms with Crippen LogP contribution in [-0.2, 0) is 14.8 Å². The van der Waals surface area contributed by atoms with Crippen LogP contribution >= 0.6 is 0 Å². The van der Waals surface area contributed by atoms with Crippen LogP contribution in [0, 0.1) is 19.8 Å². The van der Waals surface area contributed by atoms with Gasteiger partial charge >= 0.3 is 0 Å². The average molecular weight is 496 g/mol. The van der Waals surface area contributed by atoms with E-state index in [1.54, 1.807) is 38.1 Å². The summed E-state index contributed by atoms with van der Waals surface area (Å²) in [6.45, 7) is 7.25. The molecule has 10 heteroatoms. The van der Waals surface area contributed by atoms with Crippen molar-refractivity contribution in [1.29, 1.82) is 0 Å². The van der Waals surface area contributed by atoms with Crippen LogP contribution < -0.4 is 15.4 Å². The molecule has 1 aromatic heterocycles. The second-order valence-electron chi connectivity index (χ2n) is 8.26. The van der Waals surface area contributed by atoms with E-state index in [1.807, 2.05) is 19.9 Å². The summed E-state index contributed by atoms with van der Waals surface area (Å²) in [6.07, 6.45) is 0.679. The minimum Gasteiger partial charge on any atom is -0.340 e. The Bertz CT molecular complexity index is 1270. The van der Waals surface area contributed by atoms with Crippen molar-refractivity contribution in [3.8, 4) is 0 Å². The minimum absolute atomic E-state index is 0.0141. The van der Waals surface area contributed by atoms with Crippen LogP contribution in [0.4, 0.5) is 11.5 Å². The molecule has 2 aromatic carbocycles. The second-order valence-corrected chi connectivity index (χ2v) is 9.95. The van der Waals surface area contributed by atoms with E-state index in [2.05, 4.69) is 25.3 Å². The molecular formula is C25H29N5O4S. The van der Waals surface area contributed by atoms with Crippen molar-refractivity contribution in [2.24, 2.45) is 5.92 Å². The first-order chi connectivity index (χ1) is 16.6. The number of rotatable bonds is 9. The van der Waals surface area contributed by atoms with Gasteiger partial charge in [-0.3, -0.25) is 14.3 Å². The van der Waals surface area contributed by atoms with Gasteiger partial charge in [0.05, 0.1) is 4.90 Å². The fourth-order valence-electron chi connectivity index (χ4n) is 3.42. The van der Waals surface area contributed by atoms with Crippen molar-refractivity contribution in [2.45, 2.75) is 45.1 Å². The molecule has 0 fully saturated rings. The van der Waals surface area contributed by atoms with Gasteiger partial charge in [-0.15, -0.1) is 0 Å². The van der Waals surface area contributed by atoms with E-state index in [0.717, 1.165) is 0 Å². The Morgan fingerprint density at radius 2 is 1.63 bits per heavy atom. The SMILES string of the molecule is CC[C@H](C)[C@H](NC(=O)c1ccccc1)C(=O)Nc1ccc(S(=O)(=O)Nc2cc(C)nc(C)n2)cc1. The zero-order valence-electron chi connectivity index (χ0n) is 20.1. The maximum Gasteiger partial charge on any atom is 0.263 e. The molecule has 0 aliphatic rings. The topological polar surface area (TPSA) is 130 Å². The largest absolute Gasteiger partial charge is 0.340 e. The molecule has 35 heavy (non-hydrogen) atoms. The van der Waals surface area contributed by atoms with E-state index in [9.17, 15) is 18.0 Å². The molecule has 3 rings (SSSR count). The van der Waals surface area contributed by atoms with Crippen molar-refractivity contribution < 1.29 is 18.0 Å². The molecule has 0 saturated carbocycles. The van der Waals surface area contributed by atoms with Crippen molar-refractivity contribution in [2.75, 3.05) is 10.0 Å². The molecule has 0 spiro atoms. The maximum atomic E-state index is 13.0. The number of aryl methyl sites for hydroxylation is 2. The number of aromatic nitrogens is 2. The molecule has 2 atom stereocenters. The van der Waals surface area contributed by atoms with E-state index >= 15 is 0 Å². The van der Waals surface area contributed by atoms with E-state index < -0.39 is 16.1 Å². The molecule has 1 heterocycles. The number of benzene rings is 2. The molecule has 0 bridgehead atoms. The van der Waals surface area contributed by atoms with Crippen LogP contribution in [0.5, 0.6) is 0 Å². The molecule has 2 amide bonds. The summed E-state index contributed by atoms with van der Waals surface area (Å²) in [5.74, 6) is -0.210. The zero-order valence-corrected chi connectivity index (χ0v) is 20.9. The number of hydrogen-bond donors (Lipinski definition) is 3. The van der Waals surface area contributed by atoms with Gasteiger partial charge in [0, 0.05) is 23.0 Å². The summed E-state index contributed by atoms with van der Waals surface area (Å²) in [7, 11) is -3.88. The Morgan fingerprint density at radius 1 is 0.971 bits per heavy atom. The number of nitrogens with one attached hydrogen (secondary N) is 3. The van der Waals surface area contributed by atoms with E-state index in [-0.39, 0.29) is 28.4 Å². The first kappa shape index (κ1) is 25.8. The molecule has 0 aliphatic heterocycles. The predicted molar refractivity (Wildman–Crippen MR) is 135 cm³/mol. The smallest absolute Gasteiger partial charge is 0.263 e. The lowest BCUT2D eigenvalue weighted by atomic mass is 9.97. The summed E-state index contributed by atoms with van der Waals surface area (Å²) in [6, 6.07) is 15.2. The summed E-state index contributed by atoms with van der Waals surface area (Å²) in [5.41, 5.74) is 1.51. The zero-order chi connectivity index (χ0) is 25.6. The lowest BCUT2D eigenvalue weighted by molar-refractivity contribution is -0.119. The number of carbonyl (C=O) groups is 2. The monoisotopic (exact) mass is 495 g/mol. The third kappa shape index (κ3) is 6.86. The molecule has 0 radical (unpaired) electrons. The molecule has 184 valence electrons. The van der Waals surface area contributed by atoms with Crippen LogP contribution in [0.2, 0.25) is 0 Å².